The van der Waals surface area contributed by atoms with Crippen LogP contribution >= 0.6 is 0 Å². The number of hydrogen-bond donors (Lipinski definition) is 3. The molecule has 5 rings (SSSR count). The molecule has 4 atom stereocenters. The summed E-state index contributed by atoms with van der Waals surface area (Å²) < 4.78 is 5.36. The van der Waals surface area contributed by atoms with E-state index in [4.69, 9.17) is 15.5 Å². The second-order valence-electron chi connectivity index (χ2n) is 10.2. The lowest BCUT2D eigenvalue weighted by atomic mass is 9.86. The van der Waals surface area contributed by atoms with Crippen molar-refractivity contribution >= 4 is 11.9 Å². The Bertz CT molecular complexity index is 1410. The van der Waals surface area contributed by atoms with Crippen LogP contribution in [0.4, 0.5) is 0 Å². The van der Waals surface area contributed by atoms with Gasteiger partial charge in [-0.15, -0.1) is 0 Å². The highest BCUT2D eigenvalue weighted by Gasteiger charge is 2.37. The van der Waals surface area contributed by atoms with E-state index in [0.717, 1.165) is 16.7 Å². The van der Waals surface area contributed by atoms with Crippen molar-refractivity contribution < 1.29 is 19.4 Å². The SMILES string of the molecule is CCOC(=O)c1nc([C@@H]2Cc3ccccc3CN2C(=O)[C@@H](N)Cc2ccc(O)cc2)[nH]c1C1C=CC=CC1C. The van der Waals surface area contributed by atoms with Gasteiger partial charge in [0, 0.05) is 18.9 Å². The summed E-state index contributed by atoms with van der Waals surface area (Å²) in [5.41, 5.74) is 10.5. The largest absolute Gasteiger partial charge is 0.508 e. The van der Waals surface area contributed by atoms with Gasteiger partial charge < -0.3 is 25.5 Å². The van der Waals surface area contributed by atoms with E-state index in [9.17, 15) is 14.7 Å². The van der Waals surface area contributed by atoms with Crippen molar-refractivity contribution in [2.24, 2.45) is 11.7 Å². The number of carbonyl (C=O) groups is 2. The van der Waals surface area contributed by atoms with Gasteiger partial charge in [-0.25, -0.2) is 9.78 Å². The Balaban J connectivity index is 1.51. The molecule has 1 aromatic heterocycles. The van der Waals surface area contributed by atoms with E-state index >= 15 is 0 Å². The monoisotopic (exact) mass is 526 g/mol. The van der Waals surface area contributed by atoms with Crippen molar-refractivity contribution in [2.75, 3.05) is 6.61 Å². The minimum Gasteiger partial charge on any atom is -0.508 e. The van der Waals surface area contributed by atoms with E-state index in [1.54, 1.807) is 36.1 Å². The summed E-state index contributed by atoms with van der Waals surface area (Å²) in [4.78, 5) is 36.8. The number of carbonyl (C=O) groups excluding carboxylic acids is 2. The summed E-state index contributed by atoms with van der Waals surface area (Å²) in [6.07, 6.45) is 8.98. The Morgan fingerprint density at radius 3 is 2.56 bits per heavy atom. The van der Waals surface area contributed by atoms with E-state index < -0.39 is 18.1 Å². The van der Waals surface area contributed by atoms with Gasteiger partial charge in [-0.1, -0.05) is 67.6 Å². The summed E-state index contributed by atoms with van der Waals surface area (Å²) in [6, 6.07) is 13.5. The number of benzene rings is 2. The lowest BCUT2D eigenvalue weighted by Gasteiger charge is -2.37. The summed E-state index contributed by atoms with van der Waals surface area (Å²) in [5.74, 6) is 0.0979. The first-order valence-electron chi connectivity index (χ1n) is 13.4. The highest BCUT2D eigenvalue weighted by Crippen LogP contribution is 2.36. The average Bonchev–Trinajstić information content (AvgIpc) is 3.39. The first-order chi connectivity index (χ1) is 18.9. The van der Waals surface area contributed by atoms with Crippen LogP contribution in [0.1, 0.15) is 64.5 Å². The number of aromatic amines is 1. The molecule has 0 saturated carbocycles. The number of H-pyrrole nitrogens is 1. The van der Waals surface area contributed by atoms with Crippen LogP contribution in [0.15, 0.2) is 72.8 Å². The Labute approximate surface area is 228 Å². The first-order valence-corrected chi connectivity index (χ1v) is 13.4. The lowest BCUT2D eigenvalue weighted by Crippen LogP contribution is -2.48. The van der Waals surface area contributed by atoms with Gasteiger partial charge in [-0.2, -0.15) is 0 Å². The van der Waals surface area contributed by atoms with Crippen molar-refractivity contribution in [2.45, 2.75) is 51.2 Å². The fourth-order valence-electron chi connectivity index (χ4n) is 5.42. The molecule has 2 heterocycles. The van der Waals surface area contributed by atoms with Gasteiger partial charge in [0.2, 0.25) is 5.91 Å². The van der Waals surface area contributed by atoms with E-state index in [2.05, 4.69) is 30.1 Å². The molecule has 3 aromatic rings. The standard InChI is InChI=1S/C31H34N4O4/c1-3-39-31(38)28-27(24-11-7-4-8-19(24)2)33-29(34-28)26-17-21-9-5-6-10-22(21)18-35(26)30(37)25(32)16-20-12-14-23(36)15-13-20/h4-15,19,24-26,36H,3,16-18,32H2,1-2H3,(H,33,34)/t19?,24?,25-,26-/m0/s1. The van der Waals surface area contributed by atoms with Crippen LogP contribution in [0.5, 0.6) is 5.75 Å². The second kappa shape index (κ2) is 11.3. The Hall–Kier alpha value is -4.17. The number of allylic oxidation sites excluding steroid dienone is 4. The van der Waals surface area contributed by atoms with Crippen LogP contribution in [-0.2, 0) is 28.9 Å². The normalized spacial score (nSPS) is 20.9. The minimum atomic E-state index is -0.785. The van der Waals surface area contributed by atoms with Crippen LogP contribution < -0.4 is 5.73 Å². The molecular weight excluding hydrogens is 492 g/mol. The van der Waals surface area contributed by atoms with Gasteiger partial charge in [0.05, 0.1) is 24.4 Å². The number of phenolic OH excluding ortho intramolecular Hbond substituents is 1. The zero-order valence-corrected chi connectivity index (χ0v) is 22.2. The number of nitrogens with two attached hydrogens (primary N) is 1. The molecule has 0 fully saturated rings. The highest BCUT2D eigenvalue weighted by atomic mass is 16.5. The van der Waals surface area contributed by atoms with Crippen molar-refractivity contribution in [3.05, 3.63) is 107 Å². The molecule has 4 N–H and O–H groups in total. The molecule has 2 aromatic carbocycles. The minimum absolute atomic E-state index is 0.0764. The zero-order valence-electron chi connectivity index (χ0n) is 22.2. The van der Waals surface area contributed by atoms with Gasteiger partial charge in [-0.3, -0.25) is 4.79 Å². The zero-order chi connectivity index (χ0) is 27.5. The van der Waals surface area contributed by atoms with Crippen molar-refractivity contribution in [1.29, 1.82) is 0 Å². The van der Waals surface area contributed by atoms with E-state index in [1.807, 2.05) is 30.4 Å². The molecule has 1 aliphatic heterocycles. The molecule has 0 radical (unpaired) electrons. The maximum atomic E-state index is 13.8. The van der Waals surface area contributed by atoms with E-state index in [-0.39, 0.29) is 35.8 Å². The van der Waals surface area contributed by atoms with Crippen LogP contribution in [0.2, 0.25) is 0 Å². The maximum Gasteiger partial charge on any atom is 0.358 e. The van der Waals surface area contributed by atoms with Gasteiger partial charge >= 0.3 is 5.97 Å². The quantitative estimate of drug-likeness (QED) is 0.394. The molecule has 202 valence electrons. The number of amides is 1. The Kier molecular flexibility index (Phi) is 7.65. The lowest BCUT2D eigenvalue weighted by molar-refractivity contribution is -0.136. The van der Waals surface area contributed by atoms with Crippen LogP contribution in [-0.4, -0.2) is 44.5 Å². The van der Waals surface area contributed by atoms with Crippen LogP contribution in [0.3, 0.4) is 0 Å². The molecule has 1 aliphatic carbocycles. The molecule has 1 amide bonds. The summed E-state index contributed by atoms with van der Waals surface area (Å²) in [6.45, 7) is 4.49. The summed E-state index contributed by atoms with van der Waals surface area (Å²) >= 11 is 0. The molecule has 8 heteroatoms. The average molecular weight is 527 g/mol. The predicted octanol–water partition coefficient (Wildman–Crippen LogP) is 4.33. The number of fused-ring (bicyclic) bond motifs is 1. The Morgan fingerprint density at radius 2 is 1.85 bits per heavy atom. The molecule has 2 unspecified atom stereocenters. The molecule has 2 aliphatic rings. The number of aromatic hydroxyl groups is 1. The second-order valence-corrected chi connectivity index (χ2v) is 10.2. The number of nitrogens with zero attached hydrogens (tertiary/aromatic N) is 2. The summed E-state index contributed by atoms with van der Waals surface area (Å²) in [7, 11) is 0. The fraction of sp³-hybridized carbons (Fsp3) is 0.323. The fourth-order valence-corrected chi connectivity index (χ4v) is 5.42. The van der Waals surface area contributed by atoms with Gasteiger partial charge in [-0.05, 0) is 48.1 Å². The van der Waals surface area contributed by atoms with Gasteiger partial charge in [0.1, 0.15) is 11.6 Å². The number of phenols is 1. The number of hydrogen-bond acceptors (Lipinski definition) is 6. The van der Waals surface area contributed by atoms with Crippen molar-refractivity contribution in [1.82, 2.24) is 14.9 Å². The van der Waals surface area contributed by atoms with Crippen molar-refractivity contribution in [3.63, 3.8) is 0 Å². The number of esters is 1. The van der Waals surface area contributed by atoms with Crippen LogP contribution in [0, 0.1) is 5.92 Å². The number of ether oxygens (including phenoxy) is 1. The number of imidazole rings is 1. The number of aromatic nitrogens is 2. The molecule has 0 bridgehead atoms. The molecule has 39 heavy (non-hydrogen) atoms. The van der Waals surface area contributed by atoms with Gasteiger partial charge in [0.15, 0.2) is 5.69 Å². The first kappa shape index (κ1) is 26.4. The third-order valence-corrected chi connectivity index (χ3v) is 7.52. The van der Waals surface area contributed by atoms with Gasteiger partial charge in [0.25, 0.3) is 0 Å². The maximum absolute atomic E-state index is 13.8. The Morgan fingerprint density at radius 1 is 1.13 bits per heavy atom. The van der Waals surface area contributed by atoms with E-state index in [1.165, 1.54) is 0 Å². The molecule has 8 nitrogen and oxygen atoms in total. The predicted molar refractivity (Wildman–Crippen MR) is 148 cm³/mol. The third kappa shape index (κ3) is 5.52. The highest BCUT2D eigenvalue weighted by molar-refractivity contribution is 5.89. The smallest absolute Gasteiger partial charge is 0.358 e. The number of nitrogens with one attached hydrogen (secondary N) is 1. The topological polar surface area (TPSA) is 122 Å². The molecular formula is C31H34N4O4. The molecule has 0 saturated heterocycles. The molecule has 0 spiro atoms. The number of rotatable bonds is 7. The van der Waals surface area contributed by atoms with E-state index in [0.29, 0.717) is 30.9 Å². The van der Waals surface area contributed by atoms with Crippen LogP contribution in [0.25, 0.3) is 0 Å². The van der Waals surface area contributed by atoms with Crippen molar-refractivity contribution in [3.8, 4) is 5.75 Å². The third-order valence-electron chi connectivity index (χ3n) is 7.52. The summed E-state index contributed by atoms with van der Waals surface area (Å²) in [5, 5.41) is 9.61.